The Morgan fingerprint density at radius 1 is 1.16 bits per heavy atom. The molecule has 4 nitrogen and oxygen atoms in total. The highest BCUT2D eigenvalue weighted by Gasteiger charge is 2.40. The predicted octanol–water partition coefficient (Wildman–Crippen LogP) is 1.65. The monoisotopic (exact) mass is 272 g/mol. The minimum Gasteiger partial charge on any atom is -0.393 e. The van der Waals surface area contributed by atoms with Gasteiger partial charge >= 0.3 is 0 Å². The van der Waals surface area contributed by atoms with Crippen molar-refractivity contribution >= 4 is 6.29 Å². The first-order chi connectivity index (χ1) is 9.10. The van der Waals surface area contributed by atoms with E-state index in [1.165, 1.54) is 0 Å². The highest BCUT2D eigenvalue weighted by molar-refractivity contribution is 5.50. The molecule has 4 heteroatoms. The van der Waals surface area contributed by atoms with Gasteiger partial charge in [-0.1, -0.05) is 26.2 Å². The zero-order valence-electron chi connectivity index (χ0n) is 11.9. The van der Waals surface area contributed by atoms with Gasteiger partial charge < -0.3 is 20.1 Å². The zero-order valence-corrected chi connectivity index (χ0v) is 11.9. The molecule has 0 aromatic carbocycles. The van der Waals surface area contributed by atoms with Crippen LogP contribution in [-0.4, -0.2) is 39.9 Å². The molecule has 0 aliphatic heterocycles. The van der Waals surface area contributed by atoms with Crippen molar-refractivity contribution in [3.63, 3.8) is 0 Å². The maximum atomic E-state index is 10.6. The first kappa shape index (κ1) is 16.6. The lowest BCUT2D eigenvalue weighted by atomic mass is 9.86. The Labute approximate surface area is 115 Å². The lowest BCUT2D eigenvalue weighted by molar-refractivity contribution is -0.109. The van der Waals surface area contributed by atoms with Gasteiger partial charge in [0, 0.05) is 6.42 Å². The first-order valence-electron chi connectivity index (χ1n) is 7.58. The molecule has 3 N–H and O–H groups in total. The van der Waals surface area contributed by atoms with Gasteiger partial charge in [-0.05, 0) is 37.5 Å². The van der Waals surface area contributed by atoms with Crippen LogP contribution in [0.3, 0.4) is 0 Å². The fourth-order valence-corrected chi connectivity index (χ4v) is 3.18. The van der Waals surface area contributed by atoms with Crippen molar-refractivity contribution in [1.29, 1.82) is 0 Å². The van der Waals surface area contributed by atoms with E-state index in [0.717, 1.165) is 32.0 Å². The summed E-state index contributed by atoms with van der Waals surface area (Å²) >= 11 is 0. The molecule has 0 saturated heterocycles. The molecule has 0 aromatic heterocycles. The Morgan fingerprint density at radius 2 is 1.84 bits per heavy atom. The SMILES string of the molecule is CCCCCC(O)CCC1C(O)CC(O)C1CC=O. The van der Waals surface area contributed by atoms with Crippen LogP contribution in [0.15, 0.2) is 0 Å². The number of aliphatic hydroxyl groups is 3. The van der Waals surface area contributed by atoms with Gasteiger partial charge in [-0.15, -0.1) is 0 Å². The van der Waals surface area contributed by atoms with Crippen LogP contribution in [0.4, 0.5) is 0 Å². The van der Waals surface area contributed by atoms with Crippen molar-refractivity contribution in [2.24, 2.45) is 11.8 Å². The molecule has 19 heavy (non-hydrogen) atoms. The van der Waals surface area contributed by atoms with Gasteiger partial charge in [0.25, 0.3) is 0 Å². The lowest BCUT2D eigenvalue weighted by Gasteiger charge is -2.23. The van der Waals surface area contributed by atoms with Crippen LogP contribution in [0.5, 0.6) is 0 Å². The largest absolute Gasteiger partial charge is 0.393 e. The van der Waals surface area contributed by atoms with Crippen LogP contribution in [-0.2, 0) is 4.79 Å². The van der Waals surface area contributed by atoms with Crippen LogP contribution in [0, 0.1) is 11.8 Å². The molecule has 0 aromatic rings. The van der Waals surface area contributed by atoms with Gasteiger partial charge in [0.2, 0.25) is 0 Å². The molecule has 1 saturated carbocycles. The molecule has 5 unspecified atom stereocenters. The second kappa shape index (κ2) is 8.67. The standard InChI is InChI=1S/C15H28O4/c1-2-3-4-5-11(17)6-7-12-13(8-9-16)15(19)10-14(12)18/h9,11-15,17-19H,2-8,10H2,1H3. The number of hydrogen-bond donors (Lipinski definition) is 3. The van der Waals surface area contributed by atoms with Gasteiger partial charge in [-0.2, -0.15) is 0 Å². The van der Waals surface area contributed by atoms with E-state index < -0.39 is 12.2 Å². The zero-order chi connectivity index (χ0) is 14.3. The molecule has 5 atom stereocenters. The summed E-state index contributed by atoms with van der Waals surface area (Å²) in [4.78, 5) is 10.6. The molecule has 0 amide bonds. The molecule has 1 rings (SSSR count). The van der Waals surface area contributed by atoms with E-state index in [1.807, 2.05) is 0 Å². The summed E-state index contributed by atoms with van der Waals surface area (Å²) in [7, 11) is 0. The predicted molar refractivity (Wildman–Crippen MR) is 73.7 cm³/mol. The van der Waals surface area contributed by atoms with Gasteiger partial charge in [0.1, 0.15) is 6.29 Å². The highest BCUT2D eigenvalue weighted by Crippen LogP contribution is 2.37. The third-order valence-corrected chi connectivity index (χ3v) is 4.36. The van der Waals surface area contributed by atoms with E-state index in [0.29, 0.717) is 25.7 Å². The van der Waals surface area contributed by atoms with E-state index in [4.69, 9.17) is 0 Å². The summed E-state index contributed by atoms with van der Waals surface area (Å²) in [6.45, 7) is 2.13. The second-order valence-electron chi connectivity index (χ2n) is 5.83. The maximum Gasteiger partial charge on any atom is 0.120 e. The van der Waals surface area contributed by atoms with Crippen molar-refractivity contribution < 1.29 is 20.1 Å². The number of carbonyl (C=O) groups is 1. The summed E-state index contributed by atoms with van der Waals surface area (Å²) in [6.07, 6.45) is 5.47. The lowest BCUT2D eigenvalue weighted by Crippen LogP contribution is -2.24. The van der Waals surface area contributed by atoms with Gasteiger partial charge in [0.15, 0.2) is 0 Å². The smallest absolute Gasteiger partial charge is 0.120 e. The minimum absolute atomic E-state index is 0.0546. The summed E-state index contributed by atoms with van der Waals surface area (Å²) in [5, 5.41) is 29.6. The highest BCUT2D eigenvalue weighted by atomic mass is 16.3. The molecular weight excluding hydrogens is 244 g/mol. The quantitative estimate of drug-likeness (QED) is 0.440. The van der Waals surface area contributed by atoms with Crippen LogP contribution in [0.25, 0.3) is 0 Å². The third-order valence-electron chi connectivity index (χ3n) is 4.36. The second-order valence-corrected chi connectivity index (χ2v) is 5.83. The molecule has 0 radical (unpaired) electrons. The van der Waals surface area contributed by atoms with Crippen LogP contribution in [0.2, 0.25) is 0 Å². The number of rotatable bonds is 9. The number of unbranched alkanes of at least 4 members (excludes halogenated alkanes) is 2. The number of hydrogen-bond acceptors (Lipinski definition) is 4. The van der Waals surface area contributed by atoms with Crippen molar-refractivity contribution in [3.05, 3.63) is 0 Å². The molecule has 1 fully saturated rings. The number of aldehydes is 1. The van der Waals surface area contributed by atoms with Crippen molar-refractivity contribution in [3.8, 4) is 0 Å². The molecule has 1 aliphatic rings. The Morgan fingerprint density at radius 3 is 2.47 bits per heavy atom. The normalized spacial score (nSPS) is 32.4. The summed E-state index contributed by atoms with van der Waals surface area (Å²) < 4.78 is 0. The molecule has 112 valence electrons. The van der Waals surface area contributed by atoms with E-state index in [1.54, 1.807) is 0 Å². The Kier molecular flexibility index (Phi) is 7.57. The molecule has 1 aliphatic carbocycles. The average molecular weight is 272 g/mol. The number of aliphatic hydroxyl groups excluding tert-OH is 3. The topological polar surface area (TPSA) is 77.8 Å². The van der Waals surface area contributed by atoms with Crippen LogP contribution >= 0.6 is 0 Å². The van der Waals surface area contributed by atoms with Crippen molar-refractivity contribution in [2.75, 3.05) is 0 Å². The first-order valence-corrected chi connectivity index (χ1v) is 7.58. The molecular formula is C15H28O4. The van der Waals surface area contributed by atoms with Gasteiger partial charge in [-0.3, -0.25) is 0 Å². The summed E-state index contributed by atoms with van der Waals surface area (Å²) in [5.41, 5.74) is 0. The van der Waals surface area contributed by atoms with Crippen LogP contribution < -0.4 is 0 Å². The Bertz CT molecular complexity index is 257. The van der Waals surface area contributed by atoms with E-state index in [-0.39, 0.29) is 17.9 Å². The molecule has 0 bridgehead atoms. The van der Waals surface area contributed by atoms with Gasteiger partial charge in [-0.25, -0.2) is 0 Å². The van der Waals surface area contributed by atoms with Crippen molar-refractivity contribution in [2.45, 2.75) is 76.6 Å². The van der Waals surface area contributed by atoms with Crippen LogP contribution in [0.1, 0.15) is 58.3 Å². The van der Waals surface area contributed by atoms with E-state index in [9.17, 15) is 20.1 Å². The Balaban J connectivity index is 2.34. The van der Waals surface area contributed by atoms with E-state index in [2.05, 4.69) is 6.92 Å². The van der Waals surface area contributed by atoms with Crippen molar-refractivity contribution in [1.82, 2.24) is 0 Å². The third kappa shape index (κ3) is 5.21. The average Bonchev–Trinajstić information content (AvgIpc) is 2.63. The van der Waals surface area contributed by atoms with E-state index >= 15 is 0 Å². The molecule has 0 spiro atoms. The minimum atomic E-state index is -0.581. The summed E-state index contributed by atoms with van der Waals surface area (Å²) in [5.74, 6) is -0.198. The fourth-order valence-electron chi connectivity index (χ4n) is 3.18. The Hall–Kier alpha value is -0.450. The summed E-state index contributed by atoms with van der Waals surface area (Å²) in [6, 6.07) is 0. The number of carbonyl (C=O) groups excluding carboxylic acids is 1. The maximum absolute atomic E-state index is 10.6. The molecule has 0 heterocycles. The fraction of sp³-hybridized carbons (Fsp3) is 0.933. The van der Waals surface area contributed by atoms with Gasteiger partial charge in [0.05, 0.1) is 18.3 Å².